The molecule has 3 rings (SSSR count). The Bertz CT molecular complexity index is 482. The Kier molecular flexibility index (Phi) is 9.31. The molecule has 0 bridgehead atoms. The smallest absolute Gasteiger partial charge is 0.478 e. The minimum atomic E-state index is -1.68. The van der Waals surface area contributed by atoms with Gasteiger partial charge in [0.1, 0.15) is 12.5 Å². The summed E-state index contributed by atoms with van der Waals surface area (Å²) in [4.78, 5) is 15.5. The Morgan fingerprint density at radius 2 is 1.69 bits per heavy atom. The topological polar surface area (TPSA) is 64.7 Å². The number of aliphatic imine (C=N–C) groups is 1. The summed E-state index contributed by atoms with van der Waals surface area (Å²) in [5, 5.41) is 11.2. The average Bonchev–Trinajstić information content (AvgIpc) is 3.26. The molecule has 1 heterocycles. The number of hydrogen-bond donors (Lipinski definition) is 0. The summed E-state index contributed by atoms with van der Waals surface area (Å²) in [6, 6.07) is 0.208. The standard InChI is InChI=1S/C14H21N2O3Si.C5H5.Fe/c1-9(2)10-8-19-14(15-10)13-11(16(17)18)6-7-12(13)20(3,4)5;1-2-4-5-3-1;/h6-7,9-10H,8H2,1-5H3;1-5H;/q;;+2/t10-;;/m1../s1. The molecule has 2 aliphatic carbocycles. The second kappa shape index (κ2) is 10.2. The first-order chi connectivity index (χ1) is 11.7. The average molecular weight is 414 g/mol. The molecule has 3 aliphatic rings. The van der Waals surface area contributed by atoms with E-state index in [0.29, 0.717) is 24.3 Å². The summed E-state index contributed by atoms with van der Waals surface area (Å²) in [5.74, 6) is 1.44. The van der Waals surface area contributed by atoms with Crippen LogP contribution >= 0.6 is 0 Å². The third kappa shape index (κ3) is 6.06. The van der Waals surface area contributed by atoms with Gasteiger partial charge in [-0.1, -0.05) is 33.5 Å². The van der Waals surface area contributed by atoms with Crippen molar-refractivity contribution in [3.05, 3.63) is 72.6 Å². The third-order valence-electron chi connectivity index (χ3n) is 4.15. The zero-order chi connectivity index (χ0) is 18.6. The summed E-state index contributed by atoms with van der Waals surface area (Å²) >= 11 is 0. The van der Waals surface area contributed by atoms with Crippen molar-refractivity contribution in [1.29, 1.82) is 0 Å². The summed E-state index contributed by atoms with van der Waals surface area (Å²) < 4.78 is 5.67. The van der Waals surface area contributed by atoms with Crippen LogP contribution in [0.15, 0.2) is 4.99 Å². The molecule has 0 aromatic heterocycles. The summed E-state index contributed by atoms with van der Waals surface area (Å²) in [6.45, 7) is 11.2. The van der Waals surface area contributed by atoms with Gasteiger partial charge >= 0.3 is 23.1 Å². The van der Waals surface area contributed by atoms with Crippen molar-refractivity contribution < 1.29 is 26.7 Å². The molecule has 0 saturated heterocycles. The van der Waals surface area contributed by atoms with E-state index in [1.54, 1.807) is 6.42 Å². The van der Waals surface area contributed by atoms with Gasteiger partial charge < -0.3 is 4.74 Å². The molecule has 0 N–H and O–H groups in total. The van der Waals surface area contributed by atoms with E-state index in [0.717, 1.165) is 5.54 Å². The molecule has 0 amide bonds. The predicted octanol–water partition coefficient (Wildman–Crippen LogP) is 3.72. The molecule has 5 nitrogen and oxygen atoms in total. The van der Waals surface area contributed by atoms with Gasteiger partial charge in [-0.25, -0.2) is 4.99 Å². The van der Waals surface area contributed by atoms with E-state index < -0.39 is 8.07 Å². The van der Waals surface area contributed by atoms with Crippen molar-refractivity contribution in [3.8, 4) is 0 Å². The Morgan fingerprint density at radius 3 is 2.08 bits per heavy atom. The van der Waals surface area contributed by atoms with Crippen LogP contribution in [0.4, 0.5) is 0 Å². The van der Waals surface area contributed by atoms with Crippen LogP contribution in [0, 0.1) is 78.5 Å². The van der Waals surface area contributed by atoms with Gasteiger partial charge in [0.05, 0.1) is 20.5 Å². The van der Waals surface area contributed by atoms with Gasteiger partial charge in [0.15, 0.2) is 5.90 Å². The minimum Gasteiger partial charge on any atom is -0.478 e. The first-order valence-corrected chi connectivity index (χ1v) is 12.0. The molecule has 2 fully saturated rings. The summed E-state index contributed by atoms with van der Waals surface area (Å²) in [6.07, 6.45) is 13.5. The van der Waals surface area contributed by atoms with Crippen molar-refractivity contribution in [2.75, 3.05) is 6.61 Å². The molecule has 2 saturated carbocycles. The van der Waals surface area contributed by atoms with Gasteiger partial charge in [-0.3, -0.25) is 10.1 Å². The zero-order valence-corrected chi connectivity index (χ0v) is 18.0. The number of nitrogens with zero attached hydrogens (tertiary/aromatic N) is 2. The number of ether oxygens (including phenoxy) is 1. The number of rotatable bonds is 4. The van der Waals surface area contributed by atoms with E-state index in [1.165, 1.54) is 0 Å². The van der Waals surface area contributed by atoms with Gasteiger partial charge in [0.2, 0.25) is 0 Å². The van der Waals surface area contributed by atoms with Gasteiger partial charge in [-0.05, 0) is 50.0 Å². The molecule has 26 heavy (non-hydrogen) atoms. The molecule has 0 aromatic carbocycles. The molecular weight excluding hydrogens is 388 g/mol. The second-order valence-corrected chi connectivity index (χ2v) is 12.6. The fraction of sp³-hybridized carbons (Fsp3) is 0.421. The van der Waals surface area contributed by atoms with Gasteiger partial charge in [0, 0.05) is 4.92 Å². The molecule has 0 spiro atoms. The van der Waals surface area contributed by atoms with Crippen LogP contribution in [0.1, 0.15) is 13.8 Å². The van der Waals surface area contributed by atoms with E-state index in [2.05, 4.69) is 38.5 Å². The first-order valence-electron chi connectivity index (χ1n) is 8.54. The molecule has 0 aromatic rings. The summed E-state index contributed by atoms with van der Waals surface area (Å²) in [7, 11) is -1.68. The maximum atomic E-state index is 11.2. The molecule has 10 radical (unpaired) electrons. The Labute approximate surface area is 170 Å². The Balaban J connectivity index is 0.000000486. The second-order valence-electron chi connectivity index (χ2n) is 7.53. The van der Waals surface area contributed by atoms with Crippen LogP contribution < -0.4 is 0 Å². The first kappa shape index (κ1) is 23.6. The third-order valence-corrected chi connectivity index (χ3v) is 6.18. The van der Waals surface area contributed by atoms with E-state index in [1.807, 2.05) is 38.5 Å². The van der Waals surface area contributed by atoms with Crippen LogP contribution in [0.25, 0.3) is 0 Å². The Morgan fingerprint density at radius 1 is 1.15 bits per heavy atom. The minimum absolute atomic E-state index is 0. The Hall–Kier alpha value is -0.394. The van der Waals surface area contributed by atoms with Crippen LogP contribution in [0.5, 0.6) is 0 Å². The van der Waals surface area contributed by atoms with Gasteiger partial charge in [-0.15, -0.1) is 0 Å². The SMILES string of the molecule is CC(C)[C@H]1COC([C]2[C]([N+](=O)[O-])[CH][CH][C]2[Si](C)(C)C)=N1.[CH]1[CH][CH][CH][CH]1.[Fe+2]. The van der Waals surface area contributed by atoms with Crippen molar-refractivity contribution >= 4 is 14.0 Å². The van der Waals surface area contributed by atoms with E-state index >= 15 is 0 Å². The van der Waals surface area contributed by atoms with Crippen LogP contribution in [0.2, 0.25) is 19.6 Å². The van der Waals surface area contributed by atoms with Crippen molar-refractivity contribution in [3.63, 3.8) is 0 Å². The molecule has 1 atom stereocenters. The predicted molar refractivity (Wildman–Crippen MR) is 102 cm³/mol. The van der Waals surface area contributed by atoms with Crippen LogP contribution in [-0.2, 0) is 21.8 Å². The van der Waals surface area contributed by atoms with E-state index in [-0.39, 0.29) is 34.1 Å². The van der Waals surface area contributed by atoms with Crippen LogP contribution in [0.3, 0.4) is 0 Å². The molecule has 7 heteroatoms. The quantitative estimate of drug-likeness (QED) is 0.400. The molecular formula is C19H26FeN2O3Si+2. The summed E-state index contributed by atoms with van der Waals surface area (Å²) in [5.41, 5.74) is 1.05. The fourth-order valence-corrected chi connectivity index (χ4v) is 4.23. The largest absolute Gasteiger partial charge is 2.00 e. The van der Waals surface area contributed by atoms with E-state index in [9.17, 15) is 10.1 Å². The number of nitro groups is 1. The number of hydrogen-bond acceptors (Lipinski definition) is 4. The molecule has 1 aliphatic heterocycles. The van der Waals surface area contributed by atoms with Crippen molar-refractivity contribution in [2.24, 2.45) is 10.9 Å². The van der Waals surface area contributed by atoms with Gasteiger partial charge in [0.25, 0.3) is 0 Å². The van der Waals surface area contributed by atoms with Gasteiger partial charge in [-0.2, -0.15) is 0 Å². The van der Waals surface area contributed by atoms with Crippen molar-refractivity contribution in [1.82, 2.24) is 0 Å². The molecule has 0 unspecified atom stereocenters. The maximum Gasteiger partial charge on any atom is 2.00 e. The zero-order valence-electron chi connectivity index (χ0n) is 15.9. The normalized spacial score (nSPS) is 24.7. The van der Waals surface area contributed by atoms with Crippen LogP contribution in [-0.4, -0.2) is 31.5 Å². The monoisotopic (exact) mass is 414 g/mol. The van der Waals surface area contributed by atoms with E-state index in [4.69, 9.17) is 4.74 Å². The fourth-order valence-electron chi connectivity index (χ4n) is 2.66. The maximum absolute atomic E-state index is 11.2. The van der Waals surface area contributed by atoms with Crippen molar-refractivity contribution in [2.45, 2.75) is 39.5 Å². The molecule has 140 valence electrons.